The van der Waals surface area contributed by atoms with Crippen LogP contribution in [-0.4, -0.2) is 12.6 Å². The molecule has 0 aromatic heterocycles. The van der Waals surface area contributed by atoms with Crippen LogP contribution in [0.2, 0.25) is 0 Å². The zero-order valence-electron chi connectivity index (χ0n) is 8.49. The van der Waals surface area contributed by atoms with E-state index in [2.05, 4.69) is 6.58 Å². The van der Waals surface area contributed by atoms with Gasteiger partial charge in [-0.1, -0.05) is 18.7 Å². The van der Waals surface area contributed by atoms with Gasteiger partial charge in [-0.2, -0.15) is 5.26 Å². The number of rotatable bonds is 3. The van der Waals surface area contributed by atoms with Gasteiger partial charge in [0.1, 0.15) is 0 Å². The summed E-state index contributed by atoms with van der Waals surface area (Å²) in [5.41, 5.74) is 1.33. The van der Waals surface area contributed by atoms with Crippen LogP contribution >= 0.6 is 0 Å². The maximum atomic E-state index is 11.5. The van der Waals surface area contributed by atoms with Gasteiger partial charge in [0, 0.05) is 5.56 Å². The van der Waals surface area contributed by atoms with Crippen LogP contribution in [-0.2, 0) is 4.74 Å². The molecule has 3 nitrogen and oxygen atoms in total. The fourth-order valence-corrected chi connectivity index (χ4v) is 1.27. The molecule has 1 rings (SSSR count). The van der Waals surface area contributed by atoms with Gasteiger partial charge in [-0.15, -0.1) is 0 Å². The zero-order chi connectivity index (χ0) is 11.3. The number of ether oxygens (including phenoxy) is 1. The molecule has 1 aromatic rings. The van der Waals surface area contributed by atoms with Crippen LogP contribution in [0.3, 0.4) is 0 Å². The van der Waals surface area contributed by atoms with E-state index in [4.69, 9.17) is 10.00 Å². The minimum Gasteiger partial charge on any atom is -0.462 e. The van der Waals surface area contributed by atoms with E-state index in [1.165, 1.54) is 6.08 Å². The SMILES string of the molecule is C=Cc1c(C#N)cccc1C(=O)OCC. The highest BCUT2D eigenvalue weighted by atomic mass is 16.5. The maximum absolute atomic E-state index is 11.5. The normalized spacial score (nSPS) is 9.07. The molecule has 0 radical (unpaired) electrons. The minimum absolute atomic E-state index is 0.312. The highest BCUT2D eigenvalue weighted by Crippen LogP contribution is 2.16. The van der Waals surface area contributed by atoms with Gasteiger partial charge in [-0.05, 0) is 19.1 Å². The van der Waals surface area contributed by atoms with Crippen molar-refractivity contribution in [1.82, 2.24) is 0 Å². The number of esters is 1. The van der Waals surface area contributed by atoms with Crippen LogP contribution in [0.1, 0.15) is 28.4 Å². The summed E-state index contributed by atoms with van der Waals surface area (Å²) in [4.78, 5) is 11.5. The third-order valence-electron chi connectivity index (χ3n) is 1.93. The van der Waals surface area contributed by atoms with E-state index in [-0.39, 0.29) is 0 Å². The van der Waals surface area contributed by atoms with Crippen LogP contribution < -0.4 is 0 Å². The van der Waals surface area contributed by atoms with Crippen LogP contribution in [0.4, 0.5) is 0 Å². The van der Waals surface area contributed by atoms with E-state index < -0.39 is 5.97 Å². The molecule has 0 aliphatic heterocycles. The standard InChI is InChI=1S/C12H11NO2/c1-3-10-9(8-13)6-5-7-11(10)12(14)15-4-2/h3,5-7H,1,4H2,2H3. The molecule has 0 amide bonds. The number of hydrogen-bond donors (Lipinski definition) is 0. The van der Waals surface area contributed by atoms with Crippen molar-refractivity contribution in [2.45, 2.75) is 6.92 Å². The van der Waals surface area contributed by atoms with E-state index in [1.807, 2.05) is 6.07 Å². The second-order valence-electron chi connectivity index (χ2n) is 2.80. The largest absolute Gasteiger partial charge is 0.462 e. The Labute approximate surface area is 88.6 Å². The predicted octanol–water partition coefficient (Wildman–Crippen LogP) is 2.38. The van der Waals surface area contributed by atoms with Crippen molar-refractivity contribution in [3.8, 4) is 6.07 Å². The lowest BCUT2D eigenvalue weighted by Gasteiger charge is -2.06. The van der Waals surface area contributed by atoms with Crippen molar-refractivity contribution >= 4 is 12.0 Å². The third kappa shape index (κ3) is 2.23. The highest BCUT2D eigenvalue weighted by Gasteiger charge is 2.12. The van der Waals surface area contributed by atoms with Crippen molar-refractivity contribution in [2.75, 3.05) is 6.61 Å². The Morgan fingerprint density at radius 2 is 2.40 bits per heavy atom. The molecule has 0 spiro atoms. The molecule has 0 aliphatic rings. The van der Waals surface area contributed by atoms with Gasteiger partial charge in [0.2, 0.25) is 0 Å². The van der Waals surface area contributed by atoms with Crippen LogP contribution in [0.15, 0.2) is 24.8 Å². The summed E-state index contributed by atoms with van der Waals surface area (Å²) < 4.78 is 4.87. The summed E-state index contributed by atoms with van der Waals surface area (Å²) in [5, 5.41) is 8.84. The maximum Gasteiger partial charge on any atom is 0.338 e. The molecule has 1 aromatic carbocycles. The van der Waals surface area contributed by atoms with E-state index >= 15 is 0 Å². The van der Waals surface area contributed by atoms with E-state index in [0.717, 1.165) is 0 Å². The second-order valence-corrected chi connectivity index (χ2v) is 2.80. The van der Waals surface area contributed by atoms with Gasteiger partial charge in [0.15, 0.2) is 0 Å². The minimum atomic E-state index is -0.426. The molecular weight excluding hydrogens is 190 g/mol. The molecule has 0 bridgehead atoms. The van der Waals surface area contributed by atoms with Gasteiger partial charge in [-0.25, -0.2) is 4.79 Å². The Hall–Kier alpha value is -2.08. The number of carbonyl (C=O) groups excluding carboxylic acids is 1. The van der Waals surface area contributed by atoms with Crippen molar-refractivity contribution in [2.24, 2.45) is 0 Å². The summed E-state index contributed by atoms with van der Waals surface area (Å²) in [5.74, 6) is -0.426. The third-order valence-corrected chi connectivity index (χ3v) is 1.93. The van der Waals surface area contributed by atoms with E-state index in [9.17, 15) is 4.79 Å². The molecule has 15 heavy (non-hydrogen) atoms. The first-order chi connectivity index (χ1) is 7.24. The lowest BCUT2D eigenvalue weighted by Crippen LogP contribution is -2.07. The molecule has 0 aliphatic carbocycles. The van der Waals surface area contributed by atoms with Gasteiger partial charge < -0.3 is 4.74 Å². The molecule has 0 saturated heterocycles. The van der Waals surface area contributed by atoms with E-state index in [0.29, 0.717) is 23.3 Å². The number of hydrogen-bond acceptors (Lipinski definition) is 3. The number of benzene rings is 1. The Morgan fingerprint density at radius 1 is 1.67 bits per heavy atom. The highest BCUT2D eigenvalue weighted by molar-refractivity contribution is 5.94. The molecule has 3 heteroatoms. The Kier molecular flexibility index (Phi) is 3.64. The topological polar surface area (TPSA) is 50.1 Å². The molecule has 0 saturated carbocycles. The average Bonchev–Trinajstić information content (AvgIpc) is 2.28. The van der Waals surface area contributed by atoms with Crippen LogP contribution in [0.25, 0.3) is 6.08 Å². The second kappa shape index (κ2) is 4.97. The lowest BCUT2D eigenvalue weighted by molar-refractivity contribution is 0.0526. The van der Waals surface area contributed by atoms with E-state index in [1.54, 1.807) is 25.1 Å². The monoisotopic (exact) mass is 201 g/mol. The zero-order valence-corrected chi connectivity index (χ0v) is 8.49. The smallest absolute Gasteiger partial charge is 0.338 e. The Balaban J connectivity index is 3.24. The van der Waals surface area contributed by atoms with Crippen molar-refractivity contribution in [3.63, 3.8) is 0 Å². The summed E-state index contributed by atoms with van der Waals surface area (Å²) >= 11 is 0. The first-order valence-corrected chi connectivity index (χ1v) is 4.57. The molecular formula is C12H11NO2. The first-order valence-electron chi connectivity index (χ1n) is 4.57. The lowest BCUT2D eigenvalue weighted by atomic mass is 10.0. The molecule has 76 valence electrons. The number of nitrogens with zero attached hydrogens (tertiary/aromatic N) is 1. The van der Waals surface area contributed by atoms with Gasteiger partial charge in [0.25, 0.3) is 0 Å². The fraction of sp³-hybridized carbons (Fsp3) is 0.167. The summed E-state index contributed by atoms with van der Waals surface area (Å²) in [6.07, 6.45) is 1.49. The molecule has 0 unspecified atom stereocenters. The number of nitriles is 1. The Bertz CT molecular complexity index is 430. The first kappa shape index (κ1) is 11.0. The fourth-order valence-electron chi connectivity index (χ4n) is 1.27. The van der Waals surface area contributed by atoms with Crippen LogP contribution in [0, 0.1) is 11.3 Å². The molecule has 0 fully saturated rings. The quantitative estimate of drug-likeness (QED) is 0.705. The summed E-state index contributed by atoms with van der Waals surface area (Å²) in [7, 11) is 0. The molecule has 0 heterocycles. The summed E-state index contributed by atoms with van der Waals surface area (Å²) in [6.45, 7) is 5.63. The molecule has 0 N–H and O–H groups in total. The van der Waals surface area contributed by atoms with Crippen molar-refractivity contribution < 1.29 is 9.53 Å². The Morgan fingerprint density at radius 3 is 2.93 bits per heavy atom. The van der Waals surface area contributed by atoms with Crippen molar-refractivity contribution in [3.05, 3.63) is 41.5 Å². The molecule has 0 atom stereocenters. The van der Waals surface area contributed by atoms with Gasteiger partial charge >= 0.3 is 5.97 Å². The average molecular weight is 201 g/mol. The van der Waals surface area contributed by atoms with Gasteiger partial charge in [0.05, 0.1) is 23.8 Å². The van der Waals surface area contributed by atoms with Crippen molar-refractivity contribution in [1.29, 1.82) is 5.26 Å². The van der Waals surface area contributed by atoms with Crippen LogP contribution in [0.5, 0.6) is 0 Å². The predicted molar refractivity (Wildman–Crippen MR) is 57.2 cm³/mol. The summed E-state index contributed by atoms with van der Waals surface area (Å²) in [6, 6.07) is 6.91. The number of carbonyl (C=O) groups is 1. The van der Waals surface area contributed by atoms with Gasteiger partial charge in [-0.3, -0.25) is 0 Å².